The Morgan fingerprint density at radius 1 is 1.38 bits per heavy atom. The summed E-state index contributed by atoms with van der Waals surface area (Å²) < 4.78 is 0. The molecule has 0 bridgehead atoms. The van der Waals surface area contributed by atoms with Gasteiger partial charge in [-0.2, -0.15) is 0 Å². The van der Waals surface area contributed by atoms with Crippen molar-refractivity contribution in [1.82, 2.24) is 0 Å². The van der Waals surface area contributed by atoms with Gasteiger partial charge in [-0.15, -0.1) is 0 Å². The molecule has 0 unspecified atom stereocenters. The molecule has 0 saturated carbocycles. The van der Waals surface area contributed by atoms with Crippen LogP contribution in [0.5, 0.6) is 5.75 Å². The topological polar surface area (TPSA) is 32.6 Å². The van der Waals surface area contributed by atoms with E-state index in [0.29, 0.717) is 5.75 Å². The number of unbranched alkanes of at least 4 members (excludes halogenated alkanes) is 1. The summed E-state index contributed by atoms with van der Waals surface area (Å²) in [4.78, 5) is 4.21. The molecule has 1 aromatic rings. The molecule has 1 N–H and O–H groups in total. The van der Waals surface area contributed by atoms with E-state index in [2.05, 4.69) is 11.9 Å². The van der Waals surface area contributed by atoms with Gasteiger partial charge in [-0.3, -0.25) is 4.99 Å². The predicted molar refractivity (Wildman–Crippen MR) is 55.5 cm³/mol. The molecule has 0 fully saturated rings. The molecule has 0 radical (unpaired) electrons. The van der Waals surface area contributed by atoms with Gasteiger partial charge in [0.1, 0.15) is 5.75 Å². The third-order valence-electron chi connectivity index (χ3n) is 1.81. The summed E-state index contributed by atoms with van der Waals surface area (Å²) in [5.41, 5.74) is 0.790. The van der Waals surface area contributed by atoms with E-state index in [0.717, 1.165) is 24.9 Å². The molecule has 0 aliphatic rings. The monoisotopic (exact) mass is 177 g/mol. The molecule has 0 heterocycles. The van der Waals surface area contributed by atoms with Gasteiger partial charge in [0.05, 0.1) is 0 Å². The summed E-state index contributed by atoms with van der Waals surface area (Å²) in [7, 11) is 0. The zero-order valence-electron chi connectivity index (χ0n) is 7.90. The standard InChI is InChI=1S/C11H15NO/c1-2-3-8-12-9-10-6-4-5-7-11(10)13/h4-7,9,13H,2-3,8H2,1H3. The van der Waals surface area contributed by atoms with Crippen molar-refractivity contribution in [3.05, 3.63) is 29.8 Å². The van der Waals surface area contributed by atoms with Gasteiger partial charge in [-0.25, -0.2) is 0 Å². The fraction of sp³-hybridized carbons (Fsp3) is 0.364. The van der Waals surface area contributed by atoms with Gasteiger partial charge in [0.25, 0.3) is 0 Å². The molecule has 13 heavy (non-hydrogen) atoms. The molecule has 70 valence electrons. The number of nitrogens with zero attached hydrogens (tertiary/aromatic N) is 1. The first-order chi connectivity index (χ1) is 6.34. The van der Waals surface area contributed by atoms with Crippen LogP contribution in [0.15, 0.2) is 29.3 Å². The van der Waals surface area contributed by atoms with Crippen molar-refractivity contribution >= 4 is 6.21 Å². The Bertz CT molecular complexity index is 281. The number of para-hydroxylation sites is 1. The molecule has 0 amide bonds. The summed E-state index contributed by atoms with van der Waals surface area (Å²) in [5.74, 6) is 0.294. The van der Waals surface area contributed by atoms with E-state index in [4.69, 9.17) is 0 Å². The Labute approximate surface area is 78.9 Å². The van der Waals surface area contributed by atoms with Crippen LogP contribution in [0.25, 0.3) is 0 Å². The summed E-state index contributed by atoms with van der Waals surface area (Å²) in [6.45, 7) is 2.97. The largest absolute Gasteiger partial charge is 0.507 e. The van der Waals surface area contributed by atoms with Crippen LogP contribution in [-0.4, -0.2) is 17.9 Å². The molecular weight excluding hydrogens is 162 g/mol. The number of rotatable bonds is 4. The van der Waals surface area contributed by atoms with E-state index in [1.807, 2.05) is 12.1 Å². The molecule has 0 aliphatic heterocycles. The summed E-state index contributed by atoms with van der Waals surface area (Å²) >= 11 is 0. The quantitative estimate of drug-likeness (QED) is 0.556. The number of hydrogen-bond donors (Lipinski definition) is 1. The van der Waals surface area contributed by atoms with Crippen LogP contribution in [0, 0.1) is 0 Å². The highest BCUT2D eigenvalue weighted by Gasteiger charge is 1.93. The number of phenols is 1. The van der Waals surface area contributed by atoms with Gasteiger partial charge in [-0.05, 0) is 18.6 Å². The molecule has 0 aromatic heterocycles. The number of phenolic OH excluding ortho intramolecular Hbond substituents is 1. The van der Waals surface area contributed by atoms with Gasteiger partial charge in [-0.1, -0.05) is 25.5 Å². The Morgan fingerprint density at radius 2 is 2.15 bits per heavy atom. The highest BCUT2D eigenvalue weighted by atomic mass is 16.3. The van der Waals surface area contributed by atoms with Crippen molar-refractivity contribution in [1.29, 1.82) is 0 Å². The van der Waals surface area contributed by atoms with Crippen LogP contribution in [-0.2, 0) is 0 Å². The van der Waals surface area contributed by atoms with E-state index in [1.54, 1.807) is 18.3 Å². The highest BCUT2D eigenvalue weighted by molar-refractivity contribution is 5.83. The molecule has 1 rings (SSSR count). The van der Waals surface area contributed by atoms with Crippen molar-refractivity contribution < 1.29 is 5.11 Å². The average molecular weight is 177 g/mol. The minimum atomic E-state index is 0.294. The van der Waals surface area contributed by atoms with Crippen LogP contribution in [0.4, 0.5) is 0 Å². The Balaban J connectivity index is 2.53. The first kappa shape index (κ1) is 9.78. The maximum atomic E-state index is 9.38. The van der Waals surface area contributed by atoms with Gasteiger partial charge in [0, 0.05) is 18.3 Å². The summed E-state index contributed by atoms with van der Waals surface area (Å²) in [6, 6.07) is 7.21. The number of hydrogen-bond acceptors (Lipinski definition) is 2. The fourth-order valence-electron chi connectivity index (χ4n) is 1.01. The Hall–Kier alpha value is -1.31. The SMILES string of the molecule is CCCCN=Cc1ccccc1O. The van der Waals surface area contributed by atoms with E-state index in [1.165, 1.54) is 0 Å². The Kier molecular flexibility index (Phi) is 4.03. The lowest BCUT2D eigenvalue weighted by Crippen LogP contribution is -1.84. The molecule has 0 spiro atoms. The van der Waals surface area contributed by atoms with E-state index >= 15 is 0 Å². The second-order valence-corrected chi connectivity index (χ2v) is 2.95. The van der Waals surface area contributed by atoms with Gasteiger partial charge < -0.3 is 5.11 Å². The lowest BCUT2D eigenvalue weighted by Gasteiger charge is -1.96. The van der Waals surface area contributed by atoms with Gasteiger partial charge >= 0.3 is 0 Å². The average Bonchev–Trinajstić information content (AvgIpc) is 2.15. The minimum Gasteiger partial charge on any atom is -0.507 e. The van der Waals surface area contributed by atoms with Gasteiger partial charge in [0.15, 0.2) is 0 Å². The summed E-state index contributed by atoms with van der Waals surface area (Å²) in [5, 5.41) is 9.38. The van der Waals surface area contributed by atoms with Crippen LogP contribution in [0.1, 0.15) is 25.3 Å². The molecule has 0 atom stereocenters. The lowest BCUT2D eigenvalue weighted by molar-refractivity contribution is 0.474. The third kappa shape index (κ3) is 3.28. The molecule has 0 aliphatic carbocycles. The first-order valence-corrected chi connectivity index (χ1v) is 4.62. The maximum Gasteiger partial charge on any atom is 0.124 e. The van der Waals surface area contributed by atoms with Crippen molar-refractivity contribution in [2.24, 2.45) is 4.99 Å². The second kappa shape index (κ2) is 5.36. The smallest absolute Gasteiger partial charge is 0.124 e. The first-order valence-electron chi connectivity index (χ1n) is 4.62. The van der Waals surface area contributed by atoms with E-state index < -0.39 is 0 Å². The van der Waals surface area contributed by atoms with Crippen molar-refractivity contribution in [3.63, 3.8) is 0 Å². The minimum absolute atomic E-state index is 0.294. The van der Waals surface area contributed by atoms with Crippen LogP contribution < -0.4 is 0 Å². The van der Waals surface area contributed by atoms with Crippen molar-refractivity contribution in [2.45, 2.75) is 19.8 Å². The van der Waals surface area contributed by atoms with Crippen molar-refractivity contribution in [3.8, 4) is 5.75 Å². The van der Waals surface area contributed by atoms with Gasteiger partial charge in [0.2, 0.25) is 0 Å². The molecule has 2 nitrogen and oxygen atoms in total. The number of aromatic hydroxyl groups is 1. The van der Waals surface area contributed by atoms with Crippen LogP contribution >= 0.6 is 0 Å². The third-order valence-corrected chi connectivity index (χ3v) is 1.81. The summed E-state index contributed by atoms with van der Waals surface area (Å²) in [6.07, 6.45) is 3.98. The normalized spacial score (nSPS) is 10.8. The maximum absolute atomic E-state index is 9.38. The van der Waals surface area contributed by atoms with E-state index in [9.17, 15) is 5.11 Å². The molecule has 1 aromatic carbocycles. The lowest BCUT2D eigenvalue weighted by atomic mass is 10.2. The molecular formula is C11H15NO. The Morgan fingerprint density at radius 3 is 2.85 bits per heavy atom. The zero-order valence-corrected chi connectivity index (χ0v) is 7.90. The predicted octanol–water partition coefficient (Wildman–Crippen LogP) is 2.61. The second-order valence-electron chi connectivity index (χ2n) is 2.95. The van der Waals surface area contributed by atoms with Crippen LogP contribution in [0.3, 0.4) is 0 Å². The number of aliphatic imine (C=N–C) groups is 1. The molecule has 2 heteroatoms. The fourth-order valence-corrected chi connectivity index (χ4v) is 1.01. The van der Waals surface area contributed by atoms with E-state index in [-0.39, 0.29) is 0 Å². The van der Waals surface area contributed by atoms with Crippen LogP contribution in [0.2, 0.25) is 0 Å². The zero-order chi connectivity index (χ0) is 9.52. The highest BCUT2D eigenvalue weighted by Crippen LogP contribution is 2.12. The number of benzene rings is 1. The molecule has 0 saturated heterocycles. The van der Waals surface area contributed by atoms with Crippen molar-refractivity contribution in [2.75, 3.05) is 6.54 Å².